The molecule has 0 saturated carbocycles. The number of anilines is 2. The van der Waals surface area contributed by atoms with Gasteiger partial charge in [-0.15, -0.1) is 0 Å². The van der Waals surface area contributed by atoms with Crippen LogP contribution in [0.1, 0.15) is 22.6 Å². The van der Waals surface area contributed by atoms with Gasteiger partial charge in [0.05, 0.1) is 14.2 Å². The third-order valence-electron chi connectivity index (χ3n) is 4.43. The Labute approximate surface area is 175 Å². The van der Waals surface area contributed by atoms with Crippen molar-refractivity contribution in [2.24, 2.45) is 0 Å². The average molecular weight is 492 g/mol. The molecular weight excluding hydrogens is 472 g/mol. The minimum absolute atomic E-state index is 0.166. The van der Waals surface area contributed by atoms with Gasteiger partial charge in [-0.05, 0) is 47.5 Å². The van der Waals surface area contributed by atoms with Gasteiger partial charge in [0, 0.05) is 31.8 Å². The first-order chi connectivity index (χ1) is 13.0. The summed E-state index contributed by atoms with van der Waals surface area (Å²) in [6.07, 6.45) is 0. The topological polar surface area (TPSA) is 70.5 Å². The molecule has 0 atom stereocenters. The Morgan fingerprint density at radius 1 is 0.741 bits per heavy atom. The molecule has 140 valence electrons. The van der Waals surface area contributed by atoms with Crippen LogP contribution < -0.4 is 20.9 Å². The predicted octanol–water partition coefficient (Wildman–Crippen LogP) is 5.57. The second-order valence-corrected chi connectivity index (χ2v) is 7.78. The molecular formula is C21H20Br2N2O2. The maximum atomic E-state index is 5.96. The molecule has 0 amide bonds. The molecule has 27 heavy (non-hydrogen) atoms. The first-order valence-electron chi connectivity index (χ1n) is 8.27. The lowest BCUT2D eigenvalue weighted by Crippen LogP contribution is -2.09. The maximum absolute atomic E-state index is 5.96. The highest BCUT2D eigenvalue weighted by Gasteiger charge is 2.28. The van der Waals surface area contributed by atoms with Crippen molar-refractivity contribution in [3.05, 3.63) is 80.2 Å². The van der Waals surface area contributed by atoms with Crippen LogP contribution in [0, 0.1) is 0 Å². The molecule has 0 bridgehead atoms. The summed E-state index contributed by atoms with van der Waals surface area (Å²) in [7, 11) is 3.32. The fourth-order valence-electron chi connectivity index (χ4n) is 3.20. The number of halogens is 2. The first kappa shape index (κ1) is 19.6. The fraction of sp³-hybridized carbons (Fsp3) is 0.143. The summed E-state index contributed by atoms with van der Waals surface area (Å²) in [5.74, 6) is 1.32. The predicted molar refractivity (Wildman–Crippen MR) is 118 cm³/mol. The minimum Gasteiger partial charge on any atom is -0.496 e. The Balaban J connectivity index is 2.35. The highest BCUT2D eigenvalue weighted by Crippen LogP contribution is 2.46. The Hall–Kier alpha value is -2.18. The summed E-state index contributed by atoms with van der Waals surface area (Å²) < 4.78 is 13.2. The van der Waals surface area contributed by atoms with E-state index in [-0.39, 0.29) is 5.92 Å². The van der Waals surface area contributed by atoms with Crippen LogP contribution in [0.3, 0.4) is 0 Å². The van der Waals surface area contributed by atoms with Crippen LogP contribution in [0.2, 0.25) is 0 Å². The molecule has 0 heterocycles. The van der Waals surface area contributed by atoms with Crippen molar-refractivity contribution in [1.82, 2.24) is 0 Å². The molecule has 0 unspecified atom stereocenters. The van der Waals surface area contributed by atoms with Gasteiger partial charge >= 0.3 is 0 Å². The highest BCUT2D eigenvalue weighted by molar-refractivity contribution is 9.10. The number of nitrogens with two attached hydrogens (primary N) is 2. The van der Waals surface area contributed by atoms with Crippen molar-refractivity contribution >= 4 is 43.2 Å². The van der Waals surface area contributed by atoms with E-state index in [1.165, 1.54) is 0 Å². The highest BCUT2D eigenvalue weighted by atomic mass is 79.9. The van der Waals surface area contributed by atoms with Gasteiger partial charge in [0.2, 0.25) is 0 Å². The first-order valence-corrected chi connectivity index (χ1v) is 9.85. The standard InChI is InChI=1S/C21H20Br2N2O2/c1-26-18-4-3-5-19(27-2)21(18)20(14-8-6-12(24)10-16(14)22)15-9-7-13(25)11-17(15)23/h3-11,20H,24-25H2,1-2H3. The smallest absolute Gasteiger partial charge is 0.126 e. The molecule has 0 fully saturated rings. The van der Waals surface area contributed by atoms with Crippen molar-refractivity contribution < 1.29 is 9.47 Å². The van der Waals surface area contributed by atoms with E-state index in [1.807, 2.05) is 54.6 Å². The van der Waals surface area contributed by atoms with Crippen molar-refractivity contribution in [2.45, 2.75) is 5.92 Å². The Bertz CT molecular complexity index is 903. The van der Waals surface area contributed by atoms with Crippen LogP contribution in [0.4, 0.5) is 11.4 Å². The Morgan fingerprint density at radius 2 is 1.19 bits per heavy atom. The Morgan fingerprint density at radius 3 is 1.56 bits per heavy atom. The van der Waals surface area contributed by atoms with Gasteiger partial charge in [-0.2, -0.15) is 0 Å². The monoisotopic (exact) mass is 490 g/mol. The van der Waals surface area contributed by atoms with Crippen molar-refractivity contribution in [2.75, 3.05) is 25.7 Å². The van der Waals surface area contributed by atoms with E-state index in [0.29, 0.717) is 11.4 Å². The summed E-state index contributed by atoms with van der Waals surface area (Å²) in [5, 5.41) is 0. The molecule has 0 aliphatic rings. The van der Waals surface area contributed by atoms with Crippen LogP contribution in [-0.4, -0.2) is 14.2 Å². The third kappa shape index (κ3) is 3.92. The summed E-state index contributed by atoms with van der Waals surface area (Å²) in [5.41, 5.74) is 16.3. The molecule has 3 aromatic carbocycles. The molecule has 0 aromatic heterocycles. The lowest BCUT2D eigenvalue weighted by atomic mass is 9.84. The molecule has 3 aromatic rings. The van der Waals surface area contributed by atoms with Crippen LogP contribution in [0.15, 0.2) is 63.5 Å². The zero-order valence-corrected chi connectivity index (χ0v) is 18.2. The van der Waals surface area contributed by atoms with E-state index in [9.17, 15) is 0 Å². The third-order valence-corrected chi connectivity index (χ3v) is 5.80. The van der Waals surface area contributed by atoms with Gasteiger partial charge in [-0.3, -0.25) is 0 Å². The fourth-order valence-corrected chi connectivity index (χ4v) is 4.45. The average Bonchev–Trinajstić information content (AvgIpc) is 2.64. The lowest BCUT2D eigenvalue weighted by molar-refractivity contribution is 0.384. The van der Waals surface area contributed by atoms with E-state index < -0.39 is 0 Å². The number of ether oxygens (including phenoxy) is 2. The molecule has 6 heteroatoms. The van der Waals surface area contributed by atoms with Crippen LogP contribution in [-0.2, 0) is 0 Å². The second kappa shape index (κ2) is 8.23. The molecule has 0 radical (unpaired) electrons. The van der Waals surface area contributed by atoms with Gasteiger partial charge in [-0.25, -0.2) is 0 Å². The van der Waals surface area contributed by atoms with Crippen LogP contribution in [0.25, 0.3) is 0 Å². The molecule has 0 saturated heterocycles. The molecule has 3 rings (SSSR count). The van der Waals surface area contributed by atoms with E-state index in [0.717, 1.165) is 37.1 Å². The summed E-state index contributed by atoms with van der Waals surface area (Å²) in [6, 6.07) is 17.4. The van der Waals surface area contributed by atoms with Gasteiger partial charge in [0.25, 0.3) is 0 Å². The van der Waals surface area contributed by atoms with Crippen LogP contribution >= 0.6 is 31.9 Å². The van der Waals surface area contributed by atoms with E-state index >= 15 is 0 Å². The van der Waals surface area contributed by atoms with Gasteiger partial charge in [-0.1, -0.05) is 50.1 Å². The quantitative estimate of drug-likeness (QED) is 0.361. The molecule has 4 nitrogen and oxygen atoms in total. The number of hydrogen-bond acceptors (Lipinski definition) is 4. The number of methoxy groups -OCH3 is 2. The number of benzene rings is 3. The normalized spacial score (nSPS) is 10.9. The molecule has 0 aliphatic carbocycles. The molecule has 0 aliphatic heterocycles. The largest absolute Gasteiger partial charge is 0.496 e. The van der Waals surface area contributed by atoms with Crippen LogP contribution in [0.5, 0.6) is 11.5 Å². The van der Waals surface area contributed by atoms with E-state index in [1.54, 1.807) is 14.2 Å². The minimum atomic E-state index is -0.166. The zero-order chi connectivity index (χ0) is 19.6. The van der Waals surface area contributed by atoms with Crippen molar-refractivity contribution in [3.8, 4) is 11.5 Å². The Kier molecular flexibility index (Phi) is 5.97. The number of rotatable bonds is 5. The number of hydrogen-bond donors (Lipinski definition) is 2. The van der Waals surface area contributed by atoms with Crippen molar-refractivity contribution in [1.29, 1.82) is 0 Å². The van der Waals surface area contributed by atoms with E-state index in [2.05, 4.69) is 31.9 Å². The van der Waals surface area contributed by atoms with Gasteiger partial charge in [0.1, 0.15) is 11.5 Å². The van der Waals surface area contributed by atoms with E-state index in [4.69, 9.17) is 20.9 Å². The molecule has 4 N–H and O–H groups in total. The lowest BCUT2D eigenvalue weighted by Gasteiger charge is -2.25. The summed E-state index contributed by atoms with van der Waals surface area (Å²) >= 11 is 7.35. The SMILES string of the molecule is COc1cccc(OC)c1C(c1ccc(N)cc1Br)c1ccc(N)cc1Br. The second-order valence-electron chi connectivity index (χ2n) is 6.07. The zero-order valence-electron chi connectivity index (χ0n) is 15.0. The van der Waals surface area contributed by atoms with Crippen molar-refractivity contribution in [3.63, 3.8) is 0 Å². The molecule has 0 spiro atoms. The van der Waals surface area contributed by atoms with Gasteiger partial charge in [0.15, 0.2) is 0 Å². The maximum Gasteiger partial charge on any atom is 0.126 e. The summed E-state index contributed by atoms with van der Waals surface area (Å²) in [6.45, 7) is 0. The van der Waals surface area contributed by atoms with Gasteiger partial charge < -0.3 is 20.9 Å². The number of nitrogen functional groups attached to an aromatic ring is 2. The summed E-state index contributed by atoms with van der Waals surface area (Å²) in [4.78, 5) is 0.